The van der Waals surface area contributed by atoms with E-state index < -0.39 is 0 Å². The van der Waals surface area contributed by atoms with Crippen molar-refractivity contribution in [2.45, 2.75) is 32.4 Å². The van der Waals surface area contributed by atoms with Gasteiger partial charge in [0.25, 0.3) is 0 Å². The Morgan fingerprint density at radius 2 is 1.72 bits per heavy atom. The number of rotatable bonds is 3. The first-order chi connectivity index (χ1) is 12.1. The third-order valence-electron chi connectivity index (χ3n) is 5.46. The molecule has 3 heterocycles. The summed E-state index contributed by atoms with van der Waals surface area (Å²) in [4.78, 5) is 28.0. The Morgan fingerprint density at radius 1 is 1.04 bits per heavy atom. The van der Waals surface area contributed by atoms with Crippen LogP contribution in [-0.2, 0) is 6.54 Å². The van der Waals surface area contributed by atoms with E-state index in [0.717, 1.165) is 68.0 Å². The van der Waals surface area contributed by atoms with Crippen molar-refractivity contribution >= 4 is 17.1 Å². The second kappa shape index (κ2) is 6.59. The van der Waals surface area contributed by atoms with Crippen LogP contribution in [0.2, 0.25) is 0 Å². The Bertz CT molecular complexity index is 784. The number of hydrogen-bond donors (Lipinski definition) is 0. The lowest BCUT2D eigenvalue weighted by atomic mass is 10.0. The van der Waals surface area contributed by atoms with E-state index >= 15 is 0 Å². The van der Waals surface area contributed by atoms with Crippen molar-refractivity contribution in [2.75, 3.05) is 33.2 Å². The van der Waals surface area contributed by atoms with Gasteiger partial charge >= 0.3 is 6.03 Å². The van der Waals surface area contributed by atoms with Gasteiger partial charge in [0.1, 0.15) is 0 Å². The second-order valence-corrected chi connectivity index (χ2v) is 7.15. The molecule has 6 nitrogen and oxygen atoms in total. The lowest BCUT2D eigenvalue weighted by Crippen LogP contribution is -2.46. The van der Waals surface area contributed by atoms with E-state index in [-0.39, 0.29) is 6.03 Å². The van der Waals surface area contributed by atoms with Crippen LogP contribution in [0.15, 0.2) is 24.3 Å². The van der Waals surface area contributed by atoms with Crippen LogP contribution in [-0.4, -0.2) is 70.0 Å². The Balaban J connectivity index is 1.40. The summed E-state index contributed by atoms with van der Waals surface area (Å²) in [6.07, 6.45) is 2.08. The number of para-hydroxylation sites is 2. The van der Waals surface area contributed by atoms with Crippen LogP contribution in [0.4, 0.5) is 4.79 Å². The molecule has 25 heavy (non-hydrogen) atoms. The van der Waals surface area contributed by atoms with Crippen molar-refractivity contribution < 1.29 is 4.79 Å². The average molecular weight is 339 g/mol. The van der Waals surface area contributed by atoms with Crippen molar-refractivity contribution in [3.63, 3.8) is 0 Å². The highest BCUT2D eigenvalue weighted by atomic mass is 16.2. The zero-order chi connectivity index (χ0) is 17.4. The molecule has 0 spiro atoms. The van der Waals surface area contributed by atoms with E-state index in [9.17, 15) is 4.79 Å². The first-order valence-corrected chi connectivity index (χ1v) is 9.08. The molecule has 0 saturated carbocycles. The molecule has 2 aliphatic heterocycles. The molecule has 132 valence electrons. The summed E-state index contributed by atoms with van der Waals surface area (Å²) in [5, 5.41) is 0. The van der Waals surface area contributed by atoms with E-state index in [1.165, 1.54) is 0 Å². The third kappa shape index (κ3) is 3.18. The van der Waals surface area contributed by atoms with Gasteiger partial charge in [0, 0.05) is 45.8 Å². The quantitative estimate of drug-likeness (QED) is 0.861. The summed E-state index contributed by atoms with van der Waals surface area (Å²) < 4.78 is 0. The van der Waals surface area contributed by atoms with Crippen LogP contribution in [0.3, 0.4) is 0 Å². The Labute approximate surface area is 148 Å². The number of hydrogen-bond acceptors (Lipinski definition) is 4. The molecule has 0 unspecified atom stereocenters. The van der Waals surface area contributed by atoms with E-state index in [2.05, 4.69) is 14.8 Å². The third-order valence-corrected chi connectivity index (χ3v) is 5.46. The molecule has 2 fully saturated rings. The number of amides is 2. The molecule has 6 heteroatoms. The maximum atomic E-state index is 12.2. The Hall–Kier alpha value is -2.21. The molecule has 0 bridgehead atoms. The molecule has 0 radical (unpaired) electrons. The maximum absolute atomic E-state index is 12.2. The normalized spacial score (nSPS) is 20.0. The number of urea groups is 1. The number of carbonyl (C=O) groups excluding carboxylic acids is 1. The van der Waals surface area contributed by atoms with E-state index in [1.807, 2.05) is 43.1 Å². The molecular formula is C19H25N5O. The molecule has 2 aliphatic rings. The lowest BCUT2D eigenvalue weighted by molar-refractivity contribution is 0.127. The zero-order valence-corrected chi connectivity index (χ0v) is 15.0. The summed E-state index contributed by atoms with van der Waals surface area (Å²) in [5.41, 5.74) is 3.99. The number of benzene rings is 1. The van der Waals surface area contributed by atoms with Crippen molar-refractivity contribution in [3.8, 4) is 0 Å². The van der Waals surface area contributed by atoms with Gasteiger partial charge in [-0.3, -0.25) is 4.90 Å². The average Bonchev–Trinajstić information content (AvgIpc) is 2.95. The van der Waals surface area contributed by atoms with Gasteiger partial charge in [0.15, 0.2) is 0 Å². The molecule has 2 saturated heterocycles. The van der Waals surface area contributed by atoms with Crippen LogP contribution in [0, 0.1) is 6.92 Å². The second-order valence-electron chi connectivity index (χ2n) is 7.15. The van der Waals surface area contributed by atoms with Gasteiger partial charge in [-0.2, -0.15) is 0 Å². The molecule has 0 N–H and O–H groups in total. The number of nitrogens with zero attached hydrogens (tertiary/aromatic N) is 5. The predicted octanol–water partition coefficient (Wildman–Crippen LogP) is 2.27. The number of likely N-dealkylation sites (N-methyl/N-ethyl adjacent to an activating group) is 1. The number of aryl methyl sites for hydroxylation is 1. The standard InChI is InChI=1S/C19H25N5O/c1-14-18(21-17-6-4-3-5-16(17)20-14)13-23-9-7-15(8-10-23)24-12-11-22(2)19(24)25/h3-6,15H,7-13H2,1-2H3. The summed E-state index contributed by atoms with van der Waals surface area (Å²) >= 11 is 0. The first-order valence-electron chi connectivity index (χ1n) is 9.08. The number of aromatic nitrogens is 2. The Morgan fingerprint density at radius 3 is 2.36 bits per heavy atom. The van der Waals surface area contributed by atoms with Crippen LogP contribution >= 0.6 is 0 Å². The topological polar surface area (TPSA) is 52.6 Å². The fourth-order valence-corrected chi connectivity index (χ4v) is 3.88. The summed E-state index contributed by atoms with van der Waals surface area (Å²) in [5.74, 6) is 0. The molecule has 0 aliphatic carbocycles. The minimum absolute atomic E-state index is 0.190. The van der Waals surface area contributed by atoms with Gasteiger partial charge in [0.05, 0.1) is 22.4 Å². The molecule has 1 aromatic carbocycles. The van der Waals surface area contributed by atoms with Gasteiger partial charge in [0.2, 0.25) is 0 Å². The van der Waals surface area contributed by atoms with Crippen LogP contribution in [0.1, 0.15) is 24.2 Å². The predicted molar refractivity (Wildman–Crippen MR) is 97.3 cm³/mol. The molecule has 2 aromatic rings. The van der Waals surface area contributed by atoms with Crippen molar-refractivity contribution in [1.82, 2.24) is 24.7 Å². The molecule has 2 amide bonds. The summed E-state index contributed by atoms with van der Waals surface area (Å²) in [6, 6.07) is 8.61. The monoisotopic (exact) mass is 339 g/mol. The molecule has 1 aromatic heterocycles. The minimum atomic E-state index is 0.190. The van der Waals surface area contributed by atoms with Gasteiger partial charge in [-0.15, -0.1) is 0 Å². The highest BCUT2D eigenvalue weighted by Gasteiger charge is 2.33. The number of fused-ring (bicyclic) bond motifs is 1. The number of carbonyl (C=O) groups is 1. The minimum Gasteiger partial charge on any atom is -0.326 e. The fourth-order valence-electron chi connectivity index (χ4n) is 3.88. The first kappa shape index (κ1) is 16.3. The van der Waals surface area contributed by atoms with Crippen molar-refractivity contribution in [2.24, 2.45) is 0 Å². The van der Waals surface area contributed by atoms with E-state index in [1.54, 1.807) is 0 Å². The number of likely N-dealkylation sites (tertiary alicyclic amines) is 1. The van der Waals surface area contributed by atoms with Gasteiger partial charge in [-0.25, -0.2) is 14.8 Å². The Kier molecular flexibility index (Phi) is 4.29. The van der Waals surface area contributed by atoms with Gasteiger partial charge < -0.3 is 9.80 Å². The molecule has 0 atom stereocenters. The summed E-state index contributed by atoms with van der Waals surface area (Å²) in [6.45, 7) is 6.61. The highest BCUT2D eigenvalue weighted by Crippen LogP contribution is 2.22. The largest absolute Gasteiger partial charge is 0.326 e. The lowest BCUT2D eigenvalue weighted by Gasteiger charge is -2.36. The fraction of sp³-hybridized carbons (Fsp3) is 0.526. The van der Waals surface area contributed by atoms with Crippen LogP contribution in [0.25, 0.3) is 11.0 Å². The SMILES string of the molecule is Cc1nc2ccccc2nc1CN1CCC(N2CCN(C)C2=O)CC1. The maximum Gasteiger partial charge on any atom is 0.320 e. The highest BCUT2D eigenvalue weighted by molar-refractivity contribution is 5.76. The van der Waals surface area contributed by atoms with Crippen molar-refractivity contribution in [1.29, 1.82) is 0 Å². The van der Waals surface area contributed by atoms with Gasteiger partial charge in [-0.1, -0.05) is 12.1 Å². The van der Waals surface area contributed by atoms with E-state index in [0.29, 0.717) is 6.04 Å². The zero-order valence-electron chi connectivity index (χ0n) is 15.0. The summed E-state index contributed by atoms with van der Waals surface area (Å²) in [7, 11) is 1.89. The van der Waals surface area contributed by atoms with Gasteiger partial charge in [-0.05, 0) is 31.9 Å². The smallest absolute Gasteiger partial charge is 0.320 e. The van der Waals surface area contributed by atoms with E-state index in [4.69, 9.17) is 4.98 Å². The molecule has 4 rings (SSSR count). The van der Waals surface area contributed by atoms with Crippen molar-refractivity contribution in [3.05, 3.63) is 35.7 Å². The van der Waals surface area contributed by atoms with Crippen LogP contribution in [0.5, 0.6) is 0 Å². The van der Waals surface area contributed by atoms with Crippen LogP contribution < -0.4 is 0 Å². The molecular weight excluding hydrogens is 314 g/mol. The number of piperidine rings is 1.